The molecule has 1 amide bonds. The van der Waals surface area contributed by atoms with E-state index in [0.717, 1.165) is 29.9 Å². The van der Waals surface area contributed by atoms with E-state index in [0.29, 0.717) is 6.61 Å². The summed E-state index contributed by atoms with van der Waals surface area (Å²) in [6.07, 6.45) is 13.7. The van der Waals surface area contributed by atoms with Crippen molar-refractivity contribution in [1.82, 2.24) is 5.32 Å². The minimum atomic E-state index is -0.0390. The summed E-state index contributed by atoms with van der Waals surface area (Å²) >= 11 is 1.27. The minimum absolute atomic E-state index is 0.0390. The molecule has 4 heteroatoms. The molecule has 1 fully saturated rings. The maximum atomic E-state index is 11.3. The molecular formula is C20H27NO2S. The highest BCUT2D eigenvalue weighted by Gasteiger charge is 2.26. The molecule has 0 aromatic rings. The van der Waals surface area contributed by atoms with E-state index in [9.17, 15) is 4.79 Å². The molecule has 24 heavy (non-hydrogen) atoms. The second-order valence-corrected chi connectivity index (χ2v) is 6.78. The van der Waals surface area contributed by atoms with Gasteiger partial charge in [-0.1, -0.05) is 62.2 Å². The summed E-state index contributed by atoms with van der Waals surface area (Å²) in [5, 5.41) is 2.75. The Hall–Kier alpha value is -1.94. The van der Waals surface area contributed by atoms with Crippen molar-refractivity contribution in [3.8, 4) is 0 Å². The van der Waals surface area contributed by atoms with E-state index in [4.69, 9.17) is 4.74 Å². The topological polar surface area (TPSA) is 38.3 Å². The number of ether oxygens (including phenoxy) is 1. The van der Waals surface area contributed by atoms with Crippen molar-refractivity contribution in [1.29, 1.82) is 0 Å². The Morgan fingerprint density at radius 1 is 1.33 bits per heavy atom. The number of amides is 1. The lowest BCUT2D eigenvalue weighted by Crippen LogP contribution is -2.11. The number of hydrogen-bond acceptors (Lipinski definition) is 3. The Balaban J connectivity index is 2.56. The van der Waals surface area contributed by atoms with Crippen LogP contribution >= 0.6 is 11.8 Å². The van der Waals surface area contributed by atoms with Crippen LogP contribution in [0.4, 0.5) is 4.79 Å². The van der Waals surface area contributed by atoms with E-state index in [1.54, 1.807) is 6.08 Å². The first-order valence-electron chi connectivity index (χ1n) is 8.07. The molecule has 1 heterocycles. The van der Waals surface area contributed by atoms with Gasteiger partial charge >= 0.3 is 0 Å². The number of nitrogens with one attached hydrogen (secondary N) is 1. The fourth-order valence-corrected chi connectivity index (χ4v) is 2.88. The normalized spacial score (nSPS) is 19.8. The standard InChI is InChI=1S/C20H27NO2S/c1-6-8-9-10-15(3)14-23-16(4)11-12-18(7-2)13-19-17(5)21-20(22)24-19/h7-12,19H,2,5-6,13-14H2,1,3-4H3,(H,21,22)/b9-8-,15-10+,16-11+,18-12+. The van der Waals surface area contributed by atoms with Gasteiger partial charge in [0.05, 0.1) is 11.0 Å². The van der Waals surface area contributed by atoms with Gasteiger partial charge in [-0.3, -0.25) is 4.79 Å². The lowest BCUT2D eigenvalue weighted by atomic mass is 10.1. The lowest BCUT2D eigenvalue weighted by Gasteiger charge is -2.09. The molecule has 0 aromatic heterocycles. The summed E-state index contributed by atoms with van der Waals surface area (Å²) in [6, 6.07) is 0. The summed E-state index contributed by atoms with van der Waals surface area (Å²) in [4.78, 5) is 11.3. The molecule has 0 saturated carbocycles. The molecule has 0 bridgehead atoms. The first-order chi connectivity index (χ1) is 11.5. The van der Waals surface area contributed by atoms with Crippen molar-refractivity contribution in [3.63, 3.8) is 0 Å². The molecule has 1 aliphatic heterocycles. The van der Waals surface area contributed by atoms with Gasteiger partial charge in [0.2, 0.25) is 0 Å². The molecule has 0 spiro atoms. The zero-order valence-corrected chi connectivity index (χ0v) is 15.6. The van der Waals surface area contributed by atoms with Gasteiger partial charge in [0.1, 0.15) is 6.61 Å². The summed E-state index contributed by atoms with van der Waals surface area (Å²) in [6.45, 7) is 14.4. The molecule has 1 saturated heterocycles. The summed E-state index contributed by atoms with van der Waals surface area (Å²) in [7, 11) is 0. The van der Waals surface area contributed by atoms with E-state index in [1.165, 1.54) is 17.3 Å². The molecule has 1 rings (SSSR count). The van der Waals surface area contributed by atoms with Crippen LogP contribution < -0.4 is 5.32 Å². The molecule has 0 aliphatic carbocycles. The molecule has 1 aliphatic rings. The molecular weight excluding hydrogens is 318 g/mol. The molecule has 3 nitrogen and oxygen atoms in total. The zero-order chi connectivity index (χ0) is 17.9. The van der Waals surface area contributed by atoms with Gasteiger partial charge in [0, 0.05) is 5.70 Å². The summed E-state index contributed by atoms with van der Waals surface area (Å²) < 4.78 is 5.73. The Morgan fingerprint density at radius 2 is 2.08 bits per heavy atom. The van der Waals surface area contributed by atoms with Crippen LogP contribution in [-0.2, 0) is 4.74 Å². The molecule has 0 radical (unpaired) electrons. The average Bonchev–Trinajstić information content (AvgIpc) is 2.87. The monoisotopic (exact) mass is 345 g/mol. The van der Waals surface area contributed by atoms with Crippen molar-refractivity contribution in [3.05, 3.63) is 72.2 Å². The molecule has 1 atom stereocenters. The van der Waals surface area contributed by atoms with Gasteiger partial charge < -0.3 is 10.1 Å². The summed E-state index contributed by atoms with van der Waals surface area (Å²) in [5.74, 6) is 0.841. The number of thioether (sulfide) groups is 1. The predicted octanol–water partition coefficient (Wildman–Crippen LogP) is 5.66. The van der Waals surface area contributed by atoms with Crippen molar-refractivity contribution < 1.29 is 9.53 Å². The van der Waals surface area contributed by atoms with Crippen molar-refractivity contribution in [2.75, 3.05) is 6.61 Å². The van der Waals surface area contributed by atoms with E-state index < -0.39 is 0 Å². The average molecular weight is 346 g/mol. The van der Waals surface area contributed by atoms with Gasteiger partial charge in [0.15, 0.2) is 0 Å². The highest BCUT2D eigenvalue weighted by molar-refractivity contribution is 8.14. The molecule has 130 valence electrons. The maximum absolute atomic E-state index is 11.3. The first-order valence-corrected chi connectivity index (χ1v) is 8.95. The van der Waals surface area contributed by atoms with Gasteiger partial charge in [-0.05, 0) is 43.9 Å². The van der Waals surface area contributed by atoms with E-state index in [-0.39, 0.29) is 10.5 Å². The smallest absolute Gasteiger partial charge is 0.283 e. The third-order valence-electron chi connectivity index (χ3n) is 3.40. The first kappa shape index (κ1) is 20.1. The number of rotatable bonds is 9. The van der Waals surface area contributed by atoms with Crippen LogP contribution in [0.15, 0.2) is 72.2 Å². The van der Waals surface area contributed by atoms with Crippen molar-refractivity contribution >= 4 is 17.0 Å². The minimum Gasteiger partial charge on any atom is -0.494 e. The van der Waals surface area contributed by atoms with Crippen LogP contribution in [-0.4, -0.2) is 17.1 Å². The van der Waals surface area contributed by atoms with Crippen LogP contribution in [0.5, 0.6) is 0 Å². The van der Waals surface area contributed by atoms with Crippen LogP contribution in [0, 0.1) is 0 Å². The molecule has 0 aromatic carbocycles. The second-order valence-electron chi connectivity index (χ2n) is 5.61. The fraction of sp³-hybridized carbons (Fsp3) is 0.350. The number of carbonyl (C=O) groups is 1. The SMILES string of the molecule is C=C/C(=C\C=C(/C)OC/C(C)=C/C=C\CC)CC1SC(=O)NC1=C. The predicted molar refractivity (Wildman–Crippen MR) is 105 cm³/mol. The number of carbonyl (C=O) groups excluding carboxylic acids is 1. The van der Waals surface area contributed by atoms with Crippen LogP contribution in [0.25, 0.3) is 0 Å². The van der Waals surface area contributed by atoms with Crippen molar-refractivity contribution in [2.45, 2.75) is 38.9 Å². The third-order valence-corrected chi connectivity index (χ3v) is 4.45. The Labute approximate surface area is 149 Å². The number of allylic oxidation sites excluding steroid dienone is 8. The van der Waals surface area contributed by atoms with Gasteiger partial charge in [-0.25, -0.2) is 0 Å². The van der Waals surface area contributed by atoms with Crippen LogP contribution in [0.1, 0.15) is 33.6 Å². The van der Waals surface area contributed by atoms with Gasteiger partial charge in [-0.2, -0.15) is 0 Å². The Bertz CT molecular complexity index is 597. The maximum Gasteiger partial charge on any atom is 0.283 e. The highest BCUT2D eigenvalue weighted by atomic mass is 32.2. The highest BCUT2D eigenvalue weighted by Crippen LogP contribution is 2.30. The zero-order valence-electron chi connectivity index (χ0n) is 14.8. The summed E-state index contributed by atoms with van der Waals surface area (Å²) in [5.41, 5.74) is 2.98. The molecule has 1 unspecified atom stereocenters. The Morgan fingerprint density at radius 3 is 2.67 bits per heavy atom. The van der Waals surface area contributed by atoms with E-state index >= 15 is 0 Å². The quantitative estimate of drug-likeness (QED) is 0.433. The Kier molecular flexibility index (Phi) is 9.02. The van der Waals surface area contributed by atoms with Crippen molar-refractivity contribution in [2.24, 2.45) is 0 Å². The van der Waals surface area contributed by atoms with Crippen LogP contribution in [0.3, 0.4) is 0 Å². The number of hydrogen-bond donors (Lipinski definition) is 1. The van der Waals surface area contributed by atoms with E-state index in [2.05, 4.69) is 43.6 Å². The second kappa shape index (κ2) is 10.8. The van der Waals surface area contributed by atoms with Gasteiger partial charge in [0.25, 0.3) is 5.24 Å². The lowest BCUT2D eigenvalue weighted by molar-refractivity contribution is 0.242. The molecule has 1 N–H and O–H groups in total. The van der Waals surface area contributed by atoms with Gasteiger partial charge in [-0.15, -0.1) is 0 Å². The largest absolute Gasteiger partial charge is 0.494 e. The van der Waals surface area contributed by atoms with E-state index in [1.807, 2.05) is 26.0 Å². The van der Waals surface area contributed by atoms with Crippen LogP contribution in [0.2, 0.25) is 0 Å². The third kappa shape index (κ3) is 7.55. The fourth-order valence-electron chi connectivity index (χ4n) is 1.96.